The molecule has 7 heteroatoms. The van der Waals surface area contributed by atoms with Crippen LogP contribution in [0.4, 0.5) is 5.69 Å². The Labute approximate surface area is 162 Å². The van der Waals surface area contributed by atoms with Crippen LogP contribution in [0.1, 0.15) is 35.7 Å². The van der Waals surface area contributed by atoms with Gasteiger partial charge in [0, 0.05) is 28.8 Å². The minimum atomic E-state index is -3.43. The number of anilines is 1. The van der Waals surface area contributed by atoms with Crippen molar-refractivity contribution >= 4 is 37.5 Å². The maximum absolute atomic E-state index is 12.5. The molecule has 5 nitrogen and oxygen atoms in total. The van der Waals surface area contributed by atoms with E-state index in [1.165, 1.54) is 4.31 Å². The van der Waals surface area contributed by atoms with Crippen molar-refractivity contribution in [2.24, 2.45) is 0 Å². The smallest absolute Gasteiger partial charge is 0.255 e. The molecule has 0 atom stereocenters. The van der Waals surface area contributed by atoms with Gasteiger partial charge in [0.2, 0.25) is 10.0 Å². The molecule has 0 radical (unpaired) electrons. The Morgan fingerprint density at radius 1 is 1.12 bits per heavy atom. The summed E-state index contributed by atoms with van der Waals surface area (Å²) < 4.78 is 27.5. The summed E-state index contributed by atoms with van der Waals surface area (Å²) in [6.45, 7) is 3.18. The first-order valence-electron chi connectivity index (χ1n) is 8.62. The van der Waals surface area contributed by atoms with Gasteiger partial charge in [-0.2, -0.15) is 4.31 Å². The van der Waals surface area contributed by atoms with Crippen LogP contribution in [0, 0.1) is 0 Å². The van der Waals surface area contributed by atoms with Gasteiger partial charge in [-0.25, -0.2) is 8.42 Å². The first kappa shape index (κ1) is 19.1. The standard InChI is InChI=1S/C19H21BrN2O3S/c1-2-14-13-15(5-10-18(14)20)19(23)21-16-6-8-17(9-7-16)26(24,25)22-11-3-4-12-22/h5-10,13H,2-4,11-12H2,1H3,(H,21,23). The van der Waals surface area contributed by atoms with Gasteiger partial charge in [0.25, 0.3) is 5.91 Å². The van der Waals surface area contributed by atoms with Crippen molar-refractivity contribution in [2.45, 2.75) is 31.1 Å². The summed E-state index contributed by atoms with van der Waals surface area (Å²) in [7, 11) is -3.43. The van der Waals surface area contributed by atoms with Crippen molar-refractivity contribution in [3.63, 3.8) is 0 Å². The molecule has 1 fully saturated rings. The van der Waals surface area contributed by atoms with E-state index >= 15 is 0 Å². The van der Waals surface area contributed by atoms with E-state index in [-0.39, 0.29) is 10.8 Å². The summed E-state index contributed by atoms with van der Waals surface area (Å²) in [5, 5.41) is 2.81. The van der Waals surface area contributed by atoms with Crippen LogP contribution in [0.3, 0.4) is 0 Å². The first-order valence-corrected chi connectivity index (χ1v) is 10.8. The van der Waals surface area contributed by atoms with Crippen LogP contribution in [0.15, 0.2) is 51.8 Å². The molecule has 0 unspecified atom stereocenters. The highest BCUT2D eigenvalue weighted by Crippen LogP contribution is 2.23. The summed E-state index contributed by atoms with van der Waals surface area (Å²) in [5.74, 6) is -0.220. The highest BCUT2D eigenvalue weighted by molar-refractivity contribution is 9.10. The van der Waals surface area contributed by atoms with Crippen molar-refractivity contribution < 1.29 is 13.2 Å². The second-order valence-electron chi connectivity index (χ2n) is 6.25. The fourth-order valence-corrected chi connectivity index (χ4v) is 5.02. The van der Waals surface area contributed by atoms with Gasteiger partial charge in [0.1, 0.15) is 0 Å². The first-order chi connectivity index (χ1) is 12.4. The van der Waals surface area contributed by atoms with E-state index in [0.29, 0.717) is 24.3 Å². The number of rotatable bonds is 5. The van der Waals surface area contributed by atoms with Crippen LogP contribution >= 0.6 is 15.9 Å². The van der Waals surface area contributed by atoms with Gasteiger partial charge in [0.05, 0.1) is 4.90 Å². The molecule has 0 spiro atoms. The molecular weight excluding hydrogens is 416 g/mol. The average molecular weight is 437 g/mol. The highest BCUT2D eigenvalue weighted by atomic mass is 79.9. The maximum Gasteiger partial charge on any atom is 0.255 e. The second-order valence-corrected chi connectivity index (χ2v) is 9.04. The van der Waals surface area contributed by atoms with Crippen LogP contribution in [-0.2, 0) is 16.4 Å². The van der Waals surface area contributed by atoms with E-state index in [9.17, 15) is 13.2 Å². The van der Waals surface area contributed by atoms with Crippen LogP contribution in [0.25, 0.3) is 0 Å². The lowest BCUT2D eigenvalue weighted by molar-refractivity contribution is 0.102. The number of aryl methyl sites for hydroxylation is 1. The number of hydrogen-bond donors (Lipinski definition) is 1. The molecule has 2 aromatic carbocycles. The third-order valence-corrected chi connectivity index (χ3v) is 7.19. The summed E-state index contributed by atoms with van der Waals surface area (Å²) >= 11 is 3.47. The lowest BCUT2D eigenvalue weighted by Crippen LogP contribution is -2.27. The molecule has 26 heavy (non-hydrogen) atoms. The third-order valence-electron chi connectivity index (χ3n) is 4.50. The fraction of sp³-hybridized carbons (Fsp3) is 0.316. The highest BCUT2D eigenvalue weighted by Gasteiger charge is 2.26. The molecule has 0 bridgehead atoms. The Balaban J connectivity index is 1.74. The quantitative estimate of drug-likeness (QED) is 0.768. The number of hydrogen-bond acceptors (Lipinski definition) is 3. The number of sulfonamides is 1. The van der Waals surface area contributed by atoms with Gasteiger partial charge in [0.15, 0.2) is 0 Å². The summed E-state index contributed by atoms with van der Waals surface area (Å²) in [4.78, 5) is 12.7. The van der Waals surface area contributed by atoms with E-state index in [0.717, 1.165) is 29.3 Å². The van der Waals surface area contributed by atoms with E-state index < -0.39 is 10.0 Å². The molecule has 2 aromatic rings. The predicted molar refractivity (Wildman–Crippen MR) is 106 cm³/mol. The number of carbonyl (C=O) groups is 1. The van der Waals surface area contributed by atoms with Crippen molar-refractivity contribution in [2.75, 3.05) is 18.4 Å². The number of nitrogens with zero attached hydrogens (tertiary/aromatic N) is 1. The molecule has 3 rings (SSSR count). The Morgan fingerprint density at radius 2 is 1.77 bits per heavy atom. The Hall–Kier alpha value is -1.70. The molecule has 1 aliphatic heterocycles. The Kier molecular flexibility index (Phi) is 5.79. The SMILES string of the molecule is CCc1cc(C(=O)Nc2ccc(S(=O)(=O)N3CCCC3)cc2)ccc1Br. The van der Waals surface area contributed by atoms with Crippen molar-refractivity contribution in [1.82, 2.24) is 4.31 Å². The zero-order chi connectivity index (χ0) is 18.7. The molecule has 138 valence electrons. The van der Waals surface area contributed by atoms with E-state index in [1.807, 2.05) is 19.1 Å². The van der Waals surface area contributed by atoms with Crippen LogP contribution in [-0.4, -0.2) is 31.7 Å². The largest absolute Gasteiger partial charge is 0.322 e. The Bertz CT molecular complexity index is 905. The zero-order valence-corrected chi connectivity index (χ0v) is 16.9. The molecule has 0 aromatic heterocycles. The van der Waals surface area contributed by atoms with E-state index in [2.05, 4.69) is 21.2 Å². The van der Waals surface area contributed by atoms with Crippen LogP contribution < -0.4 is 5.32 Å². The zero-order valence-electron chi connectivity index (χ0n) is 14.5. The van der Waals surface area contributed by atoms with Crippen molar-refractivity contribution in [3.8, 4) is 0 Å². The van der Waals surface area contributed by atoms with Crippen molar-refractivity contribution in [3.05, 3.63) is 58.1 Å². The minimum Gasteiger partial charge on any atom is -0.322 e. The third kappa shape index (κ3) is 4.00. The molecule has 0 aliphatic carbocycles. The monoisotopic (exact) mass is 436 g/mol. The van der Waals surface area contributed by atoms with E-state index in [1.54, 1.807) is 30.3 Å². The lowest BCUT2D eigenvalue weighted by Gasteiger charge is -2.15. The van der Waals surface area contributed by atoms with Gasteiger partial charge in [-0.3, -0.25) is 4.79 Å². The van der Waals surface area contributed by atoms with Gasteiger partial charge in [-0.1, -0.05) is 22.9 Å². The van der Waals surface area contributed by atoms with Crippen LogP contribution in [0.2, 0.25) is 0 Å². The molecule has 0 saturated carbocycles. The normalized spacial score (nSPS) is 15.2. The summed E-state index contributed by atoms with van der Waals surface area (Å²) in [6.07, 6.45) is 2.63. The number of halogens is 1. The maximum atomic E-state index is 12.5. The second kappa shape index (κ2) is 7.90. The minimum absolute atomic E-state index is 0.220. The molecule has 1 heterocycles. The summed E-state index contributed by atoms with van der Waals surface area (Å²) in [5.41, 5.74) is 2.19. The average Bonchev–Trinajstić information content (AvgIpc) is 3.18. The molecule has 1 aliphatic rings. The summed E-state index contributed by atoms with van der Waals surface area (Å²) in [6, 6.07) is 11.8. The molecule has 1 saturated heterocycles. The molecular formula is C19H21BrN2O3S. The molecule has 1 amide bonds. The van der Waals surface area contributed by atoms with Gasteiger partial charge in [-0.05, 0) is 67.3 Å². The number of nitrogens with one attached hydrogen (secondary N) is 1. The van der Waals surface area contributed by atoms with Gasteiger partial charge < -0.3 is 5.32 Å². The lowest BCUT2D eigenvalue weighted by atomic mass is 10.1. The Morgan fingerprint density at radius 3 is 2.38 bits per heavy atom. The van der Waals surface area contributed by atoms with Gasteiger partial charge >= 0.3 is 0 Å². The fourth-order valence-electron chi connectivity index (χ4n) is 2.98. The topological polar surface area (TPSA) is 66.5 Å². The number of amides is 1. The van der Waals surface area contributed by atoms with Crippen LogP contribution in [0.5, 0.6) is 0 Å². The number of carbonyl (C=O) groups excluding carboxylic acids is 1. The van der Waals surface area contributed by atoms with Crippen molar-refractivity contribution in [1.29, 1.82) is 0 Å². The molecule has 1 N–H and O–H groups in total. The van der Waals surface area contributed by atoms with Gasteiger partial charge in [-0.15, -0.1) is 0 Å². The predicted octanol–water partition coefficient (Wildman–Crippen LogP) is 4.05. The number of benzene rings is 2. The van der Waals surface area contributed by atoms with E-state index in [4.69, 9.17) is 0 Å².